The number of rotatable bonds is 5. The third-order valence-electron chi connectivity index (χ3n) is 4.79. The minimum atomic E-state index is -0.327. The van der Waals surface area contributed by atoms with Crippen LogP contribution in [-0.4, -0.2) is 32.1 Å². The van der Waals surface area contributed by atoms with Crippen LogP contribution in [0.4, 0.5) is 5.69 Å². The molecule has 0 amide bonds. The predicted octanol–water partition coefficient (Wildman–Crippen LogP) is 3.22. The Labute approximate surface area is 153 Å². The summed E-state index contributed by atoms with van der Waals surface area (Å²) < 4.78 is 16.1. The Hall–Kier alpha value is -2.76. The van der Waals surface area contributed by atoms with Crippen molar-refractivity contribution < 1.29 is 23.8 Å². The van der Waals surface area contributed by atoms with E-state index in [1.807, 2.05) is 30.2 Å². The van der Waals surface area contributed by atoms with Crippen molar-refractivity contribution in [1.82, 2.24) is 0 Å². The first kappa shape index (κ1) is 18.0. The quantitative estimate of drug-likeness (QED) is 0.595. The van der Waals surface area contributed by atoms with Crippen LogP contribution in [0.25, 0.3) is 0 Å². The van der Waals surface area contributed by atoms with Gasteiger partial charge in [0.05, 0.1) is 13.5 Å². The fourth-order valence-electron chi connectivity index (χ4n) is 3.33. The average Bonchev–Trinajstić information content (AvgIpc) is 2.66. The Morgan fingerprint density at radius 3 is 2.88 bits per heavy atom. The summed E-state index contributed by atoms with van der Waals surface area (Å²) in [6.07, 6.45) is 7.26. The van der Waals surface area contributed by atoms with Gasteiger partial charge >= 0.3 is 11.9 Å². The Balaban J connectivity index is 1.89. The number of hydrogen-bond donors (Lipinski definition) is 0. The zero-order valence-corrected chi connectivity index (χ0v) is 15.2. The van der Waals surface area contributed by atoms with Gasteiger partial charge in [0.1, 0.15) is 5.76 Å². The molecular weight excluding hydrogens is 334 g/mol. The van der Waals surface area contributed by atoms with Gasteiger partial charge in [0, 0.05) is 37.2 Å². The van der Waals surface area contributed by atoms with Crippen LogP contribution in [0.5, 0.6) is 11.5 Å². The predicted molar refractivity (Wildman–Crippen MR) is 97.2 cm³/mol. The van der Waals surface area contributed by atoms with E-state index in [4.69, 9.17) is 14.2 Å². The number of carbonyl (C=O) groups excluding carboxylic acids is 2. The SMILES string of the molecule is CCC(=O)Oc1cc(N(C)C2CC(=O)OC3=CC=CCC32)ccc1OC. The molecule has 6 nitrogen and oxygen atoms in total. The normalized spacial score (nSPS) is 21.3. The Morgan fingerprint density at radius 1 is 1.35 bits per heavy atom. The number of ether oxygens (including phenoxy) is 3. The first-order chi connectivity index (χ1) is 12.5. The van der Waals surface area contributed by atoms with Gasteiger partial charge in [0.2, 0.25) is 0 Å². The largest absolute Gasteiger partial charge is 0.493 e. The van der Waals surface area contributed by atoms with Gasteiger partial charge in [-0.15, -0.1) is 0 Å². The molecule has 1 aromatic carbocycles. The van der Waals surface area contributed by atoms with Gasteiger partial charge in [-0.2, -0.15) is 0 Å². The highest BCUT2D eigenvalue weighted by Gasteiger charge is 2.37. The molecule has 3 rings (SSSR count). The van der Waals surface area contributed by atoms with Gasteiger partial charge in [-0.3, -0.25) is 9.59 Å². The van der Waals surface area contributed by atoms with Crippen molar-refractivity contribution in [1.29, 1.82) is 0 Å². The minimum Gasteiger partial charge on any atom is -0.493 e. The van der Waals surface area contributed by atoms with Gasteiger partial charge in [-0.05, 0) is 24.6 Å². The highest BCUT2D eigenvalue weighted by molar-refractivity contribution is 5.75. The molecule has 6 heteroatoms. The Kier molecular flexibility index (Phi) is 5.30. The van der Waals surface area contributed by atoms with E-state index in [2.05, 4.69) is 6.08 Å². The number of benzene rings is 1. The highest BCUT2D eigenvalue weighted by atomic mass is 16.6. The van der Waals surface area contributed by atoms with Gasteiger partial charge in [-0.1, -0.05) is 19.1 Å². The van der Waals surface area contributed by atoms with E-state index in [9.17, 15) is 9.59 Å². The molecule has 138 valence electrons. The highest BCUT2D eigenvalue weighted by Crippen LogP contribution is 2.38. The maximum absolute atomic E-state index is 12.0. The lowest BCUT2D eigenvalue weighted by molar-refractivity contribution is -0.144. The molecule has 0 radical (unpaired) electrons. The van der Waals surface area contributed by atoms with Crippen molar-refractivity contribution in [2.75, 3.05) is 19.1 Å². The molecule has 1 heterocycles. The smallest absolute Gasteiger partial charge is 0.312 e. The number of methoxy groups -OCH3 is 1. The zero-order chi connectivity index (χ0) is 18.7. The van der Waals surface area contributed by atoms with Gasteiger partial charge in [0.25, 0.3) is 0 Å². The van der Waals surface area contributed by atoms with Crippen LogP contribution in [0.3, 0.4) is 0 Å². The second-order valence-electron chi connectivity index (χ2n) is 6.36. The Bertz CT molecular complexity index is 767. The Morgan fingerprint density at radius 2 is 2.15 bits per heavy atom. The van der Waals surface area contributed by atoms with Crippen molar-refractivity contribution >= 4 is 17.6 Å². The molecular formula is C20H23NO5. The van der Waals surface area contributed by atoms with Crippen LogP contribution in [0, 0.1) is 5.92 Å². The van der Waals surface area contributed by atoms with Crippen molar-refractivity contribution in [3.05, 3.63) is 42.2 Å². The number of allylic oxidation sites excluding steroid dienone is 3. The number of fused-ring (bicyclic) bond motifs is 1. The molecule has 1 saturated heterocycles. The van der Waals surface area contributed by atoms with Crippen molar-refractivity contribution in [2.45, 2.75) is 32.2 Å². The number of hydrogen-bond acceptors (Lipinski definition) is 6. The molecule has 1 aliphatic heterocycles. The molecule has 2 unspecified atom stereocenters. The van der Waals surface area contributed by atoms with Crippen molar-refractivity contribution in [3.63, 3.8) is 0 Å². The van der Waals surface area contributed by atoms with Crippen LogP contribution < -0.4 is 14.4 Å². The maximum Gasteiger partial charge on any atom is 0.312 e. The van der Waals surface area contributed by atoms with E-state index in [-0.39, 0.29) is 30.3 Å². The molecule has 0 N–H and O–H groups in total. The summed E-state index contributed by atoms with van der Waals surface area (Å²) in [5.41, 5.74) is 0.846. The van der Waals surface area contributed by atoms with Gasteiger partial charge in [0.15, 0.2) is 11.5 Å². The molecule has 0 bridgehead atoms. The second kappa shape index (κ2) is 7.64. The van der Waals surface area contributed by atoms with Gasteiger partial charge < -0.3 is 19.1 Å². The van der Waals surface area contributed by atoms with E-state index < -0.39 is 0 Å². The number of nitrogens with zero attached hydrogens (tertiary/aromatic N) is 1. The topological polar surface area (TPSA) is 65.1 Å². The molecule has 1 aliphatic carbocycles. The monoisotopic (exact) mass is 357 g/mol. The summed E-state index contributed by atoms with van der Waals surface area (Å²) in [7, 11) is 3.47. The lowest BCUT2D eigenvalue weighted by Gasteiger charge is -2.39. The molecule has 1 aromatic rings. The summed E-state index contributed by atoms with van der Waals surface area (Å²) >= 11 is 0. The molecule has 0 saturated carbocycles. The van der Waals surface area contributed by atoms with E-state index in [1.165, 1.54) is 7.11 Å². The number of anilines is 1. The summed E-state index contributed by atoms with van der Waals surface area (Å²) in [6, 6.07) is 5.40. The summed E-state index contributed by atoms with van der Waals surface area (Å²) in [5, 5.41) is 0. The number of carbonyl (C=O) groups is 2. The van der Waals surface area contributed by atoms with Crippen LogP contribution in [0.2, 0.25) is 0 Å². The molecule has 2 atom stereocenters. The zero-order valence-electron chi connectivity index (χ0n) is 15.2. The molecule has 2 aliphatic rings. The van der Waals surface area contributed by atoms with Crippen LogP contribution in [0.1, 0.15) is 26.2 Å². The van der Waals surface area contributed by atoms with E-state index in [1.54, 1.807) is 19.1 Å². The van der Waals surface area contributed by atoms with Crippen molar-refractivity contribution in [2.24, 2.45) is 5.92 Å². The molecule has 0 aromatic heterocycles. The lowest BCUT2D eigenvalue weighted by atomic mass is 9.86. The minimum absolute atomic E-state index is 0.0319. The molecule has 1 fully saturated rings. The van der Waals surface area contributed by atoms with E-state index >= 15 is 0 Å². The second-order valence-corrected chi connectivity index (χ2v) is 6.36. The summed E-state index contributed by atoms with van der Waals surface area (Å²) in [5.74, 6) is 1.14. The third kappa shape index (κ3) is 3.59. The summed E-state index contributed by atoms with van der Waals surface area (Å²) in [4.78, 5) is 25.8. The molecule has 0 spiro atoms. The van der Waals surface area contributed by atoms with Crippen molar-refractivity contribution in [3.8, 4) is 11.5 Å². The number of esters is 2. The van der Waals surface area contributed by atoms with Crippen LogP contribution in [-0.2, 0) is 14.3 Å². The van der Waals surface area contributed by atoms with E-state index in [0.717, 1.165) is 12.1 Å². The first-order valence-corrected chi connectivity index (χ1v) is 8.72. The fraction of sp³-hybridized carbons (Fsp3) is 0.400. The fourth-order valence-corrected chi connectivity index (χ4v) is 3.33. The van der Waals surface area contributed by atoms with Gasteiger partial charge in [-0.25, -0.2) is 0 Å². The summed E-state index contributed by atoms with van der Waals surface area (Å²) in [6.45, 7) is 1.74. The van der Waals surface area contributed by atoms with Crippen LogP contribution >= 0.6 is 0 Å². The lowest BCUT2D eigenvalue weighted by Crippen LogP contribution is -2.45. The standard InChI is InChI=1S/C20H23NO5/c1-4-19(22)26-18-11-13(9-10-17(18)24-3)21(2)15-12-20(23)25-16-8-6-5-7-14(15)16/h5-6,8-11,14-15H,4,7,12H2,1-3H3. The third-order valence-corrected chi connectivity index (χ3v) is 4.79. The average molecular weight is 357 g/mol. The van der Waals surface area contributed by atoms with E-state index in [0.29, 0.717) is 23.7 Å². The van der Waals surface area contributed by atoms with Crippen LogP contribution in [0.15, 0.2) is 42.2 Å². The molecule has 26 heavy (non-hydrogen) atoms. The first-order valence-electron chi connectivity index (χ1n) is 8.72. The maximum atomic E-state index is 12.0.